The van der Waals surface area contributed by atoms with Gasteiger partial charge in [-0.1, -0.05) is 6.92 Å². The fraction of sp³-hybridized carbons (Fsp3) is 0.462. The molecule has 37 heavy (non-hydrogen) atoms. The Balaban J connectivity index is 1.45. The van der Waals surface area contributed by atoms with E-state index in [-0.39, 0.29) is 4.90 Å². The summed E-state index contributed by atoms with van der Waals surface area (Å²) in [5, 5.41) is 0.906. The standard InChI is InChI=1S/C26H32N6O3S2/c1-3-30-6-8-31(9-7-30)17-18-14-23-24(36-18)26(32-10-12-35-13-11-32)29-25(28-23)21-15-19(37(2,33)34)16-22-20(21)4-5-27-22/h4-5,14-16,27H,3,6-13,17H2,1-2H3. The summed E-state index contributed by atoms with van der Waals surface area (Å²) in [6.45, 7) is 11.4. The summed E-state index contributed by atoms with van der Waals surface area (Å²) in [4.78, 5) is 22.0. The number of hydrogen-bond acceptors (Lipinski definition) is 9. The summed E-state index contributed by atoms with van der Waals surface area (Å²) >= 11 is 1.77. The number of piperazine rings is 1. The molecule has 1 N–H and O–H groups in total. The zero-order chi connectivity index (χ0) is 25.6. The molecule has 2 aliphatic rings. The molecule has 196 valence electrons. The van der Waals surface area contributed by atoms with E-state index in [4.69, 9.17) is 14.7 Å². The van der Waals surface area contributed by atoms with Gasteiger partial charge in [0.25, 0.3) is 0 Å². The van der Waals surface area contributed by atoms with Gasteiger partial charge in [-0.25, -0.2) is 18.4 Å². The number of morpholine rings is 1. The van der Waals surface area contributed by atoms with Gasteiger partial charge in [0, 0.05) is 79.6 Å². The van der Waals surface area contributed by atoms with Crippen molar-refractivity contribution in [2.45, 2.75) is 18.4 Å². The van der Waals surface area contributed by atoms with Crippen molar-refractivity contribution in [3.63, 3.8) is 0 Å². The maximum atomic E-state index is 12.5. The number of hydrogen-bond donors (Lipinski definition) is 1. The quantitative estimate of drug-likeness (QED) is 0.399. The number of aromatic nitrogens is 3. The third-order valence-corrected chi connectivity index (χ3v) is 9.52. The minimum atomic E-state index is -3.40. The predicted molar refractivity (Wildman–Crippen MR) is 148 cm³/mol. The fourth-order valence-electron chi connectivity index (χ4n) is 5.18. The highest BCUT2D eigenvalue weighted by molar-refractivity contribution is 7.90. The van der Waals surface area contributed by atoms with Gasteiger partial charge in [-0.3, -0.25) is 4.90 Å². The Bertz CT molecular complexity index is 1530. The Morgan fingerprint density at radius 1 is 1.03 bits per heavy atom. The maximum Gasteiger partial charge on any atom is 0.175 e. The Morgan fingerprint density at radius 3 is 2.51 bits per heavy atom. The van der Waals surface area contributed by atoms with Crippen molar-refractivity contribution in [1.82, 2.24) is 24.8 Å². The molecule has 1 aromatic carbocycles. The number of ether oxygens (including phenoxy) is 1. The van der Waals surface area contributed by atoms with Gasteiger partial charge in [0.05, 0.1) is 28.3 Å². The molecule has 6 rings (SSSR count). The van der Waals surface area contributed by atoms with E-state index < -0.39 is 9.84 Å². The molecule has 2 saturated heterocycles. The molecule has 0 amide bonds. The average molecular weight is 541 g/mol. The number of thiophene rings is 1. The van der Waals surface area contributed by atoms with Crippen molar-refractivity contribution in [3.05, 3.63) is 35.3 Å². The number of H-pyrrole nitrogens is 1. The molecule has 2 fully saturated rings. The zero-order valence-electron chi connectivity index (χ0n) is 21.2. The fourth-order valence-corrected chi connectivity index (χ4v) is 6.99. The highest BCUT2D eigenvalue weighted by Crippen LogP contribution is 2.37. The predicted octanol–water partition coefficient (Wildman–Crippen LogP) is 3.22. The molecule has 5 heterocycles. The summed E-state index contributed by atoms with van der Waals surface area (Å²) in [6, 6.07) is 7.52. The number of sulfone groups is 1. The number of fused-ring (bicyclic) bond motifs is 2. The molecule has 0 saturated carbocycles. The number of likely N-dealkylation sites (N-methyl/N-ethyl adjacent to an activating group) is 1. The van der Waals surface area contributed by atoms with Crippen LogP contribution in [0.3, 0.4) is 0 Å². The van der Waals surface area contributed by atoms with E-state index in [9.17, 15) is 8.42 Å². The number of anilines is 1. The molecule has 9 nitrogen and oxygen atoms in total. The third-order valence-electron chi connectivity index (χ3n) is 7.32. The Kier molecular flexibility index (Phi) is 6.66. The van der Waals surface area contributed by atoms with Crippen LogP contribution >= 0.6 is 11.3 Å². The van der Waals surface area contributed by atoms with Gasteiger partial charge in [0.1, 0.15) is 0 Å². The molecular formula is C26H32N6O3S2. The molecule has 2 aliphatic heterocycles. The van der Waals surface area contributed by atoms with Crippen LogP contribution in [-0.4, -0.2) is 98.5 Å². The normalized spacial score (nSPS) is 18.3. The van der Waals surface area contributed by atoms with Crippen LogP contribution in [0.15, 0.2) is 35.4 Å². The van der Waals surface area contributed by atoms with E-state index in [0.717, 1.165) is 84.9 Å². The molecule has 0 radical (unpaired) electrons. The second kappa shape index (κ2) is 9.95. The van der Waals surface area contributed by atoms with Crippen molar-refractivity contribution in [3.8, 4) is 11.4 Å². The first-order valence-electron chi connectivity index (χ1n) is 12.8. The molecule has 0 bridgehead atoms. The maximum absolute atomic E-state index is 12.5. The first-order chi connectivity index (χ1) is 17.9. The number of aromatic amines is 1. The lowest BCUT2D eigenvalue weighted by Gasteiger charge is -2.33. The van der Waals surface area contributed by atoms with Crippen LogP contribution in [0, 0.1) is 0 Å². The largest absolute Gasteiger partial charge is 0.378 e. The lowest BCUT2D eigenvalue weighted by Crippen LogP contribution is -2.45. The summed E-state index contributed by atoms with van der Waals surface area (Å²) in [6.07, 6.45) is 3.05. The summed E-state index contributed by atoms with van der Waals surface area (Å²) in [7, 11) is -3.40. The van der Waals surface area contributed by atoms with Crippen molar-refractivity contribution >= 4 is 48.1 Å². The monoisotopic (exact) mass is 540 g/mol. The molecule has 3 aromatic heterocycles. The van der Waals surface area contributed by atoms with E-state index in [1.807, 2.05) is 12.3 Å². The van der Waals surface area contributed by atoms with Crippen LogP contribution in [0.5, 0.6) is 0 Å². The summed E-state index contributed by atoms with van der Waals surface area (Å²) in [5.41, 5.74) is 2.39. The van der Waals surface area contributed by atoms with Gasteiger partial charge >= 0.3 is 0 Å². The number of nitrogens with zero attached hydrogens (tertiary/aromatic N) is 5. The van der Waals surface area contributed by atoms with E-state index in [1.165, 1.54) is 11.1 Å². The first-order valence-corrected chi connectivity index (χ1v) is 15.5. The molecular weight excluding hydrogens is 508 g/mol. The van der Waals surface area contributed by atoms with Crippen LogP contribution < -0.4 is 4.90 Å². The lowest BCUT2D eigenvalue weighted by atomic mass is 10.1. The van der Waals surface area contributed by atoms with Crippen molar-refractivity contribution in [2.24, 2.45) is 0 Å². The molecule has 0 aliphatic carbocycles. The van der Waals surface area contributed by atoms with E-state index >= 15 is 0 Å². The minimum absolute atomic E-state index is 0.256. The van der Waals surface area contributed by atoms with Crippen LogP contribution in [0.25, 0.3) is 32.5 Å². The molecule has 0 unspecified atom stereocenters. The van der Waals surface area contributed by atoms with Crippen molar-refractivity contribution < 1.29 is 13.2 Å². The van der Waals surface area contributed by atoms with Crippen LogP contribution in [0.1, 0.15) is 11.8 Å². The van der Waals surface area contributed by atoms with Gasteiger partial charge in [-0.2, -0.15) is 0 Å². The van der Waals surface area contributed by atoms with Crippen LogP contribution in [-0.2, 0) is 21.1 Å². The Morgan fingerprint density at radius 2 is 1.78 bits per heavy atom. The van der Waals surface area contributed by atoms with Crippen molar-refractivity contribution in [2.75, 3.05) is 70.2 Å². The van der Waals surface area contributed by atoms with E-state index in [1.54, 1.807) is 23.5 Å². The number of benzene rings is 1. The van der Waals surface area contributed by atoms with Crippen LogP contribution in [0.2, 0.25) is 0 Å². The molecule has 0 spiro atoms. The van der Waals surface area contributed by atoms with Gasteiger partial charge in [-0.15, -0.1) is 11.3 Å². The Labute approximate surface area is 221 Å². The third kappa shape index (κ3) is 4.98. The highest BCUT2D eigenvalue weighted by Gasteiger charge is 2.23. The molecule has 0 atom stereocenters. The lowest BCUT2D eigenvalue weighted by molar-refractivity contribution is 0.122. The van der Waals surface area contributed by atoms with Gasteiger partial charge in [-0.05, 0) is 30.8 Å². The topological polar surface area (TPSA) is 94.7 Å². The smallest absolute Gasteiger partial charge is 0.175 e. The molecule has 4 aromatic rings. The number of rotatable bonds is 6. The Hall–Kier alpha value is -2.57. The van der Waals surface area contributed by atoms with E-state index in [0.29, 0.717) is 19.0 Å². The minimum Gasteiger partial charge on any atom is -0.378 e. The summed E-state index contributed by atoms with van der Waals surface area (Å²) in [5.74, 6) is 1.45. The van der Waals surface area contributed by atoms with Gasteiger partial charge < -0.3 is 19.5 Å². The zero-order valence-corrected chi connectivity index (χ0v) is 22.9. The van der Waals surface area contributed by atoms with Gasteiger partial charge in [0.2, 0.25) is 0 Å². The van der Waals surface area contributed by atoms with Gasteiger partial charge in [0.15, 0.2) is 21.5 Å². The van der Waals surface area contributed by atoms with Crippen molar-refractivity contribution in [1.29, 1.82) is 0 Å². The summed E-state index contributed by atoms with van der Waals surface area (Å²) < 4.78 is 31.6. The highest BCUT2D eigenvalue weighted by atomic mass is 32.2. The number of nitrogens with one attached hydrogen (secondary N) is 1. The average Bonchev–Trinajstić information content (AvgIpc) is 3.54. The van der Waals surface area contributed by atoms with Crippen LogP contribution in [0.4, 0.5) is 5.82 Å². The SMILES string of the molecule is CCN1CCN(Cc2cc3nc(-c4cc(S(C)(=O)=O)cc5[nH]ccc45)nc(N4CCOCC4)c3s2)CC1. The first kappa shape index (κ1) is 24.7. The second-order valence-corrected chi connectivity index (χ2v) is 12.9. The van der Waals surface area contributed by atoms with E-state index in [2.05, 4.69) is 32.7 Å². The molecule has 11 heteroatoms. The second-order valence-electron chi connectivity index (χ2n) is 9.79.